The number of hydrogen-bond donors (Lipinski definition) is 2. The maximum atomic E-state index is 12.8. The van der Waals surface area contributed by atoms with E-state index in [-0.39, 0.29) is 31.8 Å². The SMILES string of the molecule is CCOC(=O)CNC(=O)NN1CN(Cc2ccccc2)C(CC(C)C)C1=O. The lowest BCUT2D eigenvalue weighted by Gasteiger charge is -2.22. The average molecular weight is 376 g/mol. The Kier molecular flexibility index (Phi) is 7.60. The molecule has 2 rings (SSSR count). The van der Waals surface area contributed by atoms with E-state index in [2.05, 4.69) is 24.6 Å². The van der Waals surface area contributed by atoms with E-state index in [0.29, 0.717) is 18.9 Å². The molecule has 1 atom stereocenters. The van der Waals surface area contributed by atoms with Gasteiger partial charge in [-0.1, -0.05) is 44.2 Å². The van der Waals surface area contributed by atoms with Crippen molar-refractivity contribution in [3.05, 3.63) is 35.9 Å². The number of carbonyl (C=O) groups excluding carboxylic acids is 3. The van der Waals surface area contributed by atoms with Gasteiger partial charge in [-0.3, -0.25) is 14.5 Å². The maximum Gasteiger partial charge on any atom is 0.334 e. The first kappa shape index (κ1) is 20.7. The van der Waals surface area contributed by atoms with E-state index in [4.69, 9.17) is 4.74 Å². The lowest BCUT2D eigenvalue weighted by molar-refractivity contribution is -0.141. The number of amides is 3. The molecule has 1 aliphatic rings. The molecule has 0 aromatic heterocycles. The first-order chi connectivity index (χ1) is 12.9. The predicted molar refractivity (Wildman–Crippen MR) is 100 cm³/mol. The Hall–Kier alpha value is -2.61. The number of hydrazine groups is 1. The predicted octanol–water partition coefficient (Wildman–Crippen LogP) is 1.48. The van der Waals surface area contributed by atoms with Crippen molar-refractivity contribution in [2.24, 2.45) is 5.92 Å². The van der Waals surface area contributed by atoms with E-state index in [1.807, 2.05) is 35.2 Å². The minimum atomic E-state index is -0.610. The van der Waals surface area contributed by atoms with Crippen LogP contribution in [0.5, 0.6) is 0 Å². The number of nitrogens with one attached hydrogen (secondary N) is 2. The monoisotopic (exact) mass is 376 g/mol. The summed E-state index contributed by atoms with van der Waals surface area (Å²) >= 11 is 0. The van der Waals surface area contributed by atoms with Crippen molar-refractivity contribution in [2.75, 3.05) is 19.8 Å². The smallest absolute Gasteiger partial charge is 0.334 e. The molecular formula is C19H28N4O4. The molecule has 1 aromatic rings. The highest BCUT2D eigenvalue weighted by atomic mass is 16.5. The normalized spacial score (nSPS) is 17.3. The van der Waals surface area contributed by atoms with E-state index in [1.165, 1.54) is 5.01 Å². The number of benzene rings is 1. The molecule has 27 heavy (non-hydrogen) atoms. The van der Waals surface area contributed by atoms with Crippen LogP contribution in [0.1, 0.15) is 32.8 Å². The van der Waals surface area contributed by atoms with E-state index in [0.717, 1.165) is 5.56 Å². The van der Waals surface area contributed by atoms with Crippen molar-refractivity contribution in [1.82, 2.24) is 20.7 Å². The number of hydrogen-bond acceptors (Lipinski definition) is 5. The molecule has 0 saturated carbocycles. The van der Waals surface area contributed by atoms with Gasteiger partial charge in [-0.2, -0.15) is 0 Å². The standard InChI is InChI=1S/C19H28N4O4/c1-4-27-17(24)11-20-19(26)21-23-13-22(12-15-8-6-5-7-9-15)16(18(23)25)10-14(2)3/h5-9,14,16H,4,10-13H2,1-3H3,(H2,20,21,26). The van der Waals surface area contributed by atoms with Crippen LogP contribution in [0.25, 0.3) is 0 Å². The van der Waals surface area contributed by atoms with Gasteiger partial charge in [0.25, 0.3) is 5.91 Å². The lowest BCUT2D eigenvalue weighted by Crippen LogP contribution is -2.50. The second kappa shape index (κ2) is 9.91. The van der Waals surface area contributed by atoms with Gasteiger partial charge in [0.1, 0.15) is 6.54 Å². The van der Waals surface area contributed by atoms with Crippen LogP contribution in [-0.2, 0) is 20.9 Å². The van der Waals surface area contributed by atoms with Crippen molar-refractivity contribution in [2.45, 2.75) is 39.8 Å². The van der Waals surface area contributed by atoms with Crippen molar-refractivity contribution >= 4 is 17.9 Å². The summed E-state index contributed by atoms with van der Waals surface area (Å²) in [4.78, 5) is 38.1. The zero-order valence-corrected chi connectivity index (χ0v) is 16.1. The van der Waals surface area contributed by atoms with Gasteiger partial charge in [0.15, 0.2) is 0 Å². The highest BCUT2D eigenvalue weighted by Gasteiger charge is 2.39. The number of nitrogens with zero attached hydrogens (tertiary/aromatic N) is 2. The second-order valence-corrected chi connectivity index (χ2v) is 6.89. The summed E-state index contributed by atoms with van der Waals surface area (Å²) in [5.74, 6) is -0.329. The van der Waals surface area contributed by atoms with Crippen LogP contribution in [0.2, 0.25) is 0 Å². The van der Waals surface area contributed by atoms with Gasteiger partial charge in [0.2, 0.25) is 0 Å². The number of carbonyl (C=O) groups is 3. The number of ether oxygens (including phenoxy) is 1. The zero-order chi connectivity index (χ0) is 19.8. The Morgan fingerprint density at radius 2 is 1.96 bits per heavy atom. The van der Waals surface area contributed by atoms with Gasteiger partial charge < -0.3 is 10.1 Å². The average Bonchev–Trinajstić information content (AvgIpc) is 2.89. The topological polar surface area (TPSA) is 91.0 Å². The summed E-state index contributed by atoms with van der Waals surface area (Å²) in [5.41, 5.74) is 3.63. The van der Waals surface area contributed by atoms with E-state index in [9.17, 15) is 14.4 Å². The molecule has 1 fully saturated rings. The van der Waals surface area contributed by atoms with Crippen LogP contribution >= 0.6 is 0 Å². The summed E-state index contributed by atoms with van der Waals surface area (Å²) in [5, 5.41) is 3.70. The Labute approximate surface area is 159 Å². The van der Waals surface area contributed by atoms with E-state index >= 15 is 0 Å². The van der Waals surface area contributed by atoms with Gasteiger partial charge in [0.05, 0.1) is 19.3 Å². The minimum Gasteiger partial charge on any atom is -0.465 e. The molecule has 0 bridgehead atoms. The molecule has 3 amide bonds. The third kappa shape index (κ3) is 6.25. The Bertz CT molecular complexity index is 650. The van der Waals surface area contributed by atoms with Crippen LogP contribution in [-0.4, -0.2) is 53.7 Å². The van der Waals surface area contributed by atoms with Crippen molar-refractivity contribution in [3.8, 4) is 0 Å². The summed E-state index contributed by atoms with van der Waals surface area (Å²) < 4.78 is 4.76. The van der Waals surface area contributed by atoms with Gasteiger partial charge >= 0.3 is 12.0 Å². The Morgan fingerprint density at radius 1 is 1.26 bits per heavy atom. The summed E-state index contributed by atoms with van der Waals surface area (Å²) in [6, 6.07) is 8.99. The molecule has 0 radical (unpaired) electrons. The van der Waals surface area contributed by atoms with Gasteiger partial charge in [0, 0.05) is 6.54 Å². The molecule has 1 heterocycles. The molecule has 0 spiro atoms. The largest absolute Gasteiger partial charge is 0.465 e. The van der Waals surface area contributed by atoms with Crippen molar-refractivity contribution in [1.29, 1.82) is 0 Å². The number of urea groups is 1. The number of esters is 1. The fraction of sp³-hybridized carbons (Fsp3) is 0.526. The Morgan fingerprint density at radius 3 is 2.59 bits per heavy atom. The summed E-state index contributed by atoms with van der Waals surface area (Å²) in [6.45, 7) is 6.73. The zero-order valence-electron chi connectivity index (χ0n) is 16.1. The van der Waals surface area contributed by atoms with E-state index in [1.54, 1.807) is 6.92 Å². The third-order valence-electron chi connectivity index (χ3n) is 4.17. The fourth-order valence-electron chi connectivity index (χ4n) is 2.98. The second-order valence-electron chi connectivity index (χ2n) is 6.89. The minimum absolute atomic E-state index is 0.147. The molecule has 8 heteroatoms. The lowest BCUT2D eigenvalue weighted by atomic mass is 10.0. The first-order valence-electron chi connectivity index (χ1n) is 9.20. The van der Waals surface area contributed by atoms with Crippen LogP contribution in [0.15, 0.2) is 30.3 Å². The fourth-order valence-corrected chi connectivity index (χ4v) is 2.98. The van der Waals surface area contributed by atoms with Crippen molar-refractivity contribution < 1.29 is 19.1 Å². The van der Waals surface area contributed by atoms with Gasteiger partial charge in [-0.05, 0) is 24.8 Å². The molecule has 0 aliphatic carbocycles. The van der Waals surface area contributed by atoms with Crippen molar-refractivity contribution in [3.63, 3.8) is 0 Å². The summed E-state index contributed by atoms with van der Waals surface area (Å²) in [6.07, 6.45) is 0.703. The number of rotatable bonds is 8. The molecule has 8 nitrogen and oxygen atoms in total. The van der Waals surface area contributed by atoms with Gasteiger partial charge in [-0.15, -0.1) is 0 Å². The maximum absolute atomic E-state index is 12.8. The van der Waals surface area contributed by atoms with Crippen LogP contribution in [0, 0.1) is 5.92 Å². The molecule has 1 unspecified atom stereocenters. The molecule has 1 aromatic carbocycles. The van der Waals surface area contributed by atoms with Gasteiger partial charge in [-0.25, -0.2) is 15.2 Å². The Balaban J connectivity index is 1.97. The van der Waals surface area contributed by atoms with E-state index < -0.39 is 12.0 Å². The third-order valence-corrected chi connectivity index (χ3v) is 4.17. The first-order valence-corrected chi connectivity index (χ1v) is 9.20. The molecule has 148 valence electrons. The molecule has 1 saturated heterocycles. The quantitative estimate of drug-likeness (QED) is 0.671. The van der Waals surface area contributed by atoms with Crippen LogP contribution in [0.3, 0.4) is 0 Å². The molecular weight excluding hydrogens is 348 g/mol. The molecule has 1 aliphatic heterocycles. The summed E-state index contributed by atoms with van der Waals surface area (Å²) in [7, 11) is 0. The van der Waals surface area contributed by atoms with Crippen LogP contribution < -0.4 is 10.7 Å². The molecule has 2 N–H and O–H groups in total. The highest BCUT2D eigenvalue weighted by molar-refractivity contribution is 5.87. The van der Waals surface area contributed by atoms with Crippen LogP contribution in [0.4, 0.5) is 4.79 Å². The highest BCUT2D eigenvalue weighted by Crippen LogP contribution is 2.22.